The Morgan fingerprint density at radius 2 is 2.22 bits per heavy atom. The van der Waals surface area contributed by atoms with Crippen molar-refractivity contribution in [2.45, 2.75) is 45.1 Å². The Balaban J connectivity index is 2.07. The molecule has 2 rings (SSSR count). The molecule has 0 spiro atoms. The summed E-state index contributed by atoms with van der Waals surface area (Å²) in [7, 11) is 0. The number of hydrogen-bond donors (Lipinski definition) is 2. The van der Waals surface area contributed by atoms with E-state index in [1.807, 2.05) is 0 Å². The van der Waals surface area contributed by atoms with Crippen molar-refractivity contribution in [3.05, 3.63) is 17.8 Å². The number of hydrogen-bond acceptors (Lipinski definition) is 4. The average Bonchev–Trinajstić information content (AvgIpc) is 2.57. The van der Waals surface area contributed by atoms with Crippen LogP contribution in [-0.2, 0) is 0 Å². The van der Waals surface area contributed by atoms with Crippen LogP contribution in [0.15, 0.2) is 12.3 Å². The largest absolute Gasteiger partial charge is 0.395 e. The summed E-state index contributed by atoms with van der Waals surface area (Å²) in [5, 5.41) is 12.3. The third-order valence-corrected chi connectivity index (χ3v) is 3.71. The fraction of sp³-hybridized carbons (Fsp3) is 0.571. The molecule has 4 nitrogen and oxygen atoms in total. The molecule has 1 aliphatic carbocycles. The van der Waals surface area contributed by atoms with Crippen molar-refractivity contribution in [1.82, 2.24) is 4.98 Å². The zero-order chi connectivity index (χ0) is 13.0. The molecule has 1 aromatic rings. The number of nitrogen functional groups attached to an aromatic ring is 1. The molecule has 0 aliphatic heterocycles. The van der Waals surface area contributed by atoms with Gasteiger partial charge in [-0.25, -0.2) is 4.98 Å². The van der Waals surface area contributed by atoms with E-state index >= 15 is 0 Å². The molecule has 1 fully saturated rings. The van der Waals surface area contributed by atoms with Crippen molar-refractivity contribution in [3.8, 4) is 6.07 Å². The summed E-state index contributed by atoms with van der Waals surface area (Å²) < 4.78 is 0. The summed E-state index contributed by atoms with van der Waals surface area (Å²) in [6.45, 7) is 2.31. The SMILES string of the molecule is CC1CCCC(Nc2nccc(C#N)c2N)CC1. The Labute approximate surface area is 108 Å². The molecule has 4 heteroatoms. The predicted molar refractivity (Wildman–Crippen MR) is 73.0 cm³/mol. The minimum atomic E-state index is 0.429. The highest BCUT2D eigenvalue weighted by Crippen LogP contribution is 2.27. The molecular formula is C14H20N4. The Bertz CT molecular complexity index is 450. The second kappa shape index (κ2) is 5.72. The molecule has 0 saturated heterocycles. The third-order valence-electron chi connectivity index (χ3n) is 3.71. The van der Waals surface area contributed by atoms with E-state index in [2.05, 4.69) is 23.3 Å². The Morgan fingerprint density at radius 3 is 3.00 bits per heavy atom. The summed E-state index contributed by atoms with van der Waals surface area (Å²) in [6, 6.07) is 4.17. The van der Waals surface area contributed by atoms with Crippen molar-refractivity contribution >= 4 is 11.5 Å². The first-order valence-corrected chi connectivity index (χ1v) is 6.62. The van der Waals surface area contributed by atoms with Gasteiger partial charge in [0.05, 0.1) is 11.3 Å². The van der Waals surface area contributed by atoms with Crippen LogP contribution < -0.4 is 11.1 Å². The third kappa shape index (κ3) is 2.92. The smallest absolute Gasteiger partial charge is 0.150 e. The van der Waals surface area contributed by atoms with E-state index in [4.69, 9.17) is 11.0 Å². The maximum Gasteiger partial charge on any atom is 0.150 e. The van der Waals surface area contributed by atoms with E-state index < -0.39 is 0 Å². The molecular weight excluding hydrogens is 224 g/mol. The van der Waals surface area contributed by atoms with Crippen LogP contribution in [0.5, 0.6) is 0 Å². The highest BCUT2D eigenvalue weighted by Gasteiger charge is 2.17. The van der Waals surface area contributed by atoms with Gasteiger partial charge in [-0.05, 0) is 31.2 Å². The van der Waals surface area contributed by atoms with Crippen LogP contribution in [-0.4, -0.2) is 11.0 Å². The van der Waals surface area contributed by atoms with Crippen molar-refractivity contribution < 1.29 is 0 Å². The highest BCUT2D eigenvalue weighted by molar-refractivity contribution is 5.69. The van der Waals surface area contributed by atoms with E-state index in [1.54, 1.807) is 12.3 Å². The first kappa shape index (κ1) is 12.7. The standard InChI is InChI=1S/C14H20N4/c1-10-3-2-4-12(6-5-10)18-14-13(16)11(9-15)7-8-17-14/h7-8,10,12H,2-6,16H2,1H3,(H,17,18). The van der Waals surface area contributed by atoms with Gasteiger partial charge in [-0.1, -0.05) is 19.8 Å². The topological polar surface area (TPSA) is 74.7 Å². The number of anilines is 2. The van der Waals surface area contributed by atoms with Crippen LogP contribution in [0.4, 0.5) is 11.5 Å². The second-order valence-corrected chi connectivity index (χ2v) is 5.19. The van der Waals surface area contributed by atoms with Crippen molar-refractivity contribution in [3.63, 3.8) is 0 Å². The molecule has 0 aromatic carbocycles. The maximum atomic E-state index is 8.94. The first-order valence-electron chi connectivity index (χ1n) is 6.62. The molecule has 1 aromatic heterocycles. The quantitative estimate of drug-likeness (QED) is 0.784. The molecule has 0 bridgehead atoms. The minimum Gasteiger partial charge on any atom is -0.395 e. The maximum absolute atomic E-state index is 8.94. The van der Waals surface area contributed by atoms with Crippen LogP contribution in [0.25, 0.3) is 0 Å². The van der Waals surface area contributed by atoms with Crippen LogP contribution in [0.3, 0.4) is 0 Å². The minimum absolute atomic E-state index is 0.429. The van der Waals surface area contributed by atoms with Crippen molar-refractivity contribution in [1.29, 1.82) is 5.26 Å². The molecule has 1 aliphatic rings. The number of aromatic nitrogens is 1. The lowest BCUT2D eigenvalue weighted by Crippen LogP contribution is -2.20. The first-order chi connectivity index (χ1) is 8.70. The summed E-state index contributed by atoms with van der Waals surface area (Å²) in [5.74, 6) is 1.47. The zero-order valence-corrected chi connectivity index (χ0v) is 10.8. The fourth-order valence-corrected chi connectivity index (χ4v) is 2.51. The van der Waals surface area contributed by atoms with E-state index in [9.17, 15) is 0 Å². The number of pyridine rings is 1. The van der Waals surface area contributed by atoms with Gasteiger partial charge in [-0.3, -0.25) is 0 Å². The van der Waals surface area contributed by atoms with Crippen molar-refractivity contribution in [2.75, 3.05) is 11.1 Å². The lowest BCUT2D eigenvalue weighted by molar-refractivity contribution is 0.502. The zero-order valence-electron chi connectivity index (χ0n) is 10.8. The average molecular weight is 244 g/mol. The van der Waals surface area contributed by atoms with Crippen LogP contribution in [0.1, 0.15) is 44.6 Å². The Morgan fingerprint density at radius 1 is 1.39 bits per heavy atom. The van der Waals surface area contributed by atoms with Gasteiger partial charge in [0.15, 0.2) is 5.82 Å². The van der Waals surface area contributed by atoms with Crippen molar-refractivity contribution in [2.24, 2.45) is 5.92 Å². The van der Waals surface area contributed by atoms with Gasteiger partial charge >= 0.3 is 0 Å². The number of nitrogens with two attached hydrogens (primary N) is 1. The highest BCUT2D eigenvalue weighted by atomic mass is 15.0. The van der Waals surface area contributed by atoms with E-state index in [0.717, 1.165) is 18.8 Å². The lowest BCUT2D eigenvalue weighted by Gasteiger charge is -2.18. The van der Waals surface area contributed by atoms with Gasteiger partial charge in [-0.15, -0.1) is 0 Å². The normalized spacial score (nSPS) is 24.0. The lowest BCUT2D eigenvalue weighted by atomic mass is 10.0. The molecule has 0 radical (unpaired) electrons. The Hall–Kier alpha value is -1.76. The number of nitrogens with one attached hydrogen (secondary N) is 1. The van der Waals surface area contributed by atoms with Gasteiger partial charge in [0.1, 0.15) is 6.07 Å². The van der Waals surface area contributed by atoms with E-state index in [-0.39, 0.29) is 0 Å². The van der Waals surface area contributed by atoms with Gasteiger partial charge in [0, 0.05) is 12.2 Å². The van der Waals surface area contributed by atoms with Crippen LogP contribution >= 0.6 is 0 Å². The second-order valence-electron chi connectivity index (χ2n) is 5.19. The summed E-state index contributed by atoms with van der Waals surface area (Å²) >= 11 is 0. The van der Waals surface area contributed by atoms with Gasteiger partial charge in [0.2, 0.25) is 0 Å². The number of nitriles is 1. The van der Waals surface area contributed by atoms with Gasteiger partial charge in [0.25, 0.3) is 0 Å². The number of rotatable bonds is 2. The fourth-order valence-electron chi connectivity index (χ4n) is 2.51. The predicted octanol–water partition coefficient (Wildman–Crippen LogP) is 2.92. The molecule has 18 heavy (non-hydrogen) atoms. The molecule has 2 atom stereocenters. The van der Waals surface area contributed by atoms with Crippen LogP contribution in [0, 0.1) is 17.2 Å². The number of nitrogens with zero attached hydrogens (tertiary/aromatic N) is 2. The van der Waals surface area contributed by atoms with E-state index in [1.165, 1.54) is 19.3 Å². The van der Waals surface area contributed by atoms with E-state index in [0.29, 0.717) is 23.1 Å². The summed E-state index contributed by atoms with van der Waals surface area (Å²) in [4.78, 5) is 4.24. The Kier molecular flexibility index (Phi) is 4.03. The molecule has 2 unspecified atom stereocenters. The summed E-state index contributed by atoms with van der Waals surface area (Å²) in [6.07, 6.45) is 7.74. The summed E-state index contributed by atoms with van der Waals surface area (Å²) in [5.41, 5.74) is 6.89. The van der Waals surface area contributed by atoms with Crippen LogP contribution in [0.2, 0.25) is 0 Å². The molecule has 0 amide bonds. The molecule has 3 N–H and O–H groups in total. The van der Waals surface area contributed by atoms with Gasteiger partial charge < -0.3 is 11.1 Å². The molecule has 96 valence electrons. The molecule has 1 saturated carbocycles. The van der Waals surface area contributed by atoms with Gasteiger partial charge in [-0.2, -0.15) is 5.26 Å². The molecule has 1 heterocycles. The monoisotopic (exact) mass is 244 g/mol.